The first kappa shape index (κ1) is 13.3. The molecule has 1 N–H and O–H groups in total. The number of nitrogens with zero attached hydrogens (tertiary/aromatic N) is 5. The van der Waals surface area contributed by atoms with E-state index >= 15 is 0 Å². The lowest BCUT2D eigenvalue weighted by Gasteiger charge is -2.05. The number of hydrogen-bond acceptors (Lipinski definition) is 4. The highest BCUT2D eigenvalue weighted by molar-refractivity contribution is 5.92. The average Bonchev–Trinajstić information content (AvgIpc) is 3.02. The quantitative estimate of drug-likeness (QED) is 0.784. The van der Waals surface area contributed by atoms with E-state index in [1.807, 2.05) is 18.5 Å². The van der Waals surface area contributed by atoms with Crippen LogP contribution < -0.4 is 0 Å². The summed E-state index contributed by atoms with van der Waals surface area (Å²) in [6, 6.07) is 4.97. The summed E-state index contributed by atoms with van der Waals surface area (Å²) in [7, 11) is 1.82. The van der Waals surface area contributed by atoms with Crippen molar-refractivity contribution in [3.63, 3.8) is 0 Å². The van der Waals surface area contributed by atoms with Crippen molar-refractivity contribution in [1.82, 2.24) is 24.3 Å². The molecule has 0 fully saturated rings. The molecule has 2 heterocycles. The predicted octanol–water partition coefficient (Wildman–Crippen LogP) is 1.47. The Balaban J connectivity index is 2.09. The van der Waals surface area contributed by atoms with Crippen molar-refractivity contribution in [1.29, 1.82) is 0 Å². The zero-order valence-corrected chi connectivity index (χ0v) is 11.8. The molecule has 0 unspecified atom stereocenters. The highest BCUT2D eigenvalue weighted by Crippen LogP contribution is 2.19. The minimum atomic E-state index is -0.948. The molecule has 3 aromatic rings. The molecular formula is C14H15N5O2. The Hall–Kier alpha value is -2.70. The van der Waals surface area contributed by atoms with Crippen LogP contribution in [-0.2, 0) is 20.0 Å². The molecule has 7 heteroatoms. The van der Waals surface area contributed by atoms with Crippen LogP contribution in [0.25, 0.3) is 11.0 Å². The molecule has 3 rings (SSSR count). The van der Waals surface area contributed by atoms with Crippen molar-refractivity contribution >= 4 is 17.0 Å². The van der Waals surface area contributed by atoms with Crippen molar-refractivity contribution in [2.24, 2.45) is 7.05 Å². The summed E-state index contributed by atoms with van der Waals surface area (Å²) in [4.78, 5) is 19.8. The van der Waals surface area contributed by atoms with E-state index < -0.39 is 5.97 Å². The molecule has 0 saturated carbocycles. The van der Waals surface area contributed by atoms with E-state index in [1.165, 1.54) is 0 Å². The molecule has 21 heavy (non-hydrogen) atoms. The molecule has 0 aliphatic rings. The zero-order chi connectivity index (χ0) is 15.0. The van der Waals surface area contributed by atoms with Gasteiger partial charge in [0.1, 0.15) is 12.2 Å². The van der Waals surface area contributed by atoms with E-state index in [2.05, 4.69) is 15.1 Å². The number of carboxylic acids is 1. The second-order valence-electron chi connectivity index (χ2n) is 4.81. The summed E-state index contributed by atoms with van der Waals surface area (Å²) in [5.74, 6) is 0.643. The van der Waals surface area contributed by atoms with E-state index in [0.29, 0.717) is 17.9 Å². The maximum atomic E-state index is 11.0. The second kappa shape index (κ2) is 5.01. The topological polar surface area (TPSA) is 85.8 Å². The van der Waals surface area contributed by atoms with Crippen molar-refractivity contribution in [3.8, 4) is 0 Å². The van der Waals surface area contributed by atoms with Gasteiger partial charge in [0, 0.05) is 13.5 Å². The van der Waals surface area contributed by atoms with Gasteiger partial charge in [-0.1, -0.05) is 6.92 Å². The molecule has 0 bridgehead atoms. The molecule has 2 aromatic heterocycles. The normalized spacial score (nSPS) is 11.1. The third kappa shape index (κ3) is 2.37. The SMILES string of the molecule is CCc1nc2cc(C(=O)O)ccc2n1Cc1ncn(C)n1. The number of aromatic nitrogens is 5. The van der Waals surface area contributed by atoms with Crippen molar-refractivity contribution in [3.05, 3.63) is 41.7 Å². The first-order valence-corrected chi connectivity index (χ1v) is 6.65. The Kier molecular flexibility index (Phi) is 3.17. The monoisotopic (exact) mass is 285 g/mol. The average molecular weight is 285 g/mol. The van der Waals surface area contributed by atoms with Crippen LogP contribution >= 0.6 is 0 Å². The summed E-state index contributed by atoms with van der Waals surface area (Å²) in [6.45, 7) is 2.54. The number of imidazole rings is 1. The van der Waals surface area contributed by atoms with Crippen molar-refractivity contribution in [2.75, 3.05) is 0 Å². The van der Waals surface area contributed by atoms with Gasteiger partial charge in [-0.25, -0.2) is 14.8 Å². The van der Waals surface area contributed by atoms with Crippen LogP contribution in [0.5, 0.6) is 0 Å². The Morgan fingerprint density at radius 1 is 1.38 bits per heavy atom. The fraction of sp³-hybridized carbons (Fsp3) is 0.286. The zero-order valence-electron chi connectivity index (χ0n) is 11.8. The first-order chi connectivity index (χ1) is 10.1. The Morgan fingerprint density at radius 2 is 2.19 bits per heavy atom. The largest absolute Gasteiger partial charge is 0.478 e. The van der Waals surface area contributed by atoms with Crippen LogP contribution in [0.15, 0.2) is 24.5 Å². The summed E-state index contributed by atoms with van der Waals surface area (Å²) >= 11 is 0. The predicted molar refractivity (Wildman–Crippen MR) is 76.2 cm³/mol. The highest BCUT2D eigenvalue weighted by Gasteiger charge is 2.13. The molecule has 0 saturated heterocycles. The maximum Gasteiger partial charge on any atom is 0.335 e. The van der Waals surface area contributed by atoms with Crippen LogP contribution in [0.3, 0.4) is 0 Å². The van der Waals surface area contributed by atoms with Gasteiger partial charge in [0.25, 0.3) is 0 Å². The smallest absolute Gasteiger partial charge is 0.335 e. The number of carboxylic acid groups (broad SMARTS) is 1. The minimum Gasteiger partial charge on any atom is -0.478 e. The number of aromatic carboxylic acids is 1. The van der Waals surface area contributed by atoms with Gasteiger partial charge < -0.3 is 9.67 Å². The standard InChI is InChI=1S/C14H15N5O2/c1-3-13-16-10-6-9(14(20)21)4-5-11(10)19(13)7-12-15-8-18(2)17-12/h4-6,8H,3,7H2,1-2H3,(H,20,21). The highest BCUT2D eigenvalue weighted by atomic mass is 16.4. The van der Waals surface area contributed by atoms with Crippen LogP contribution in [0.4, 0.5) is 0 Å². The number of fused-ring (bicyclic) bond motifs is 1. The summed E-state index contributed by atoms with van der Waals surface area (Å²) in [5.41, 5.74) is 1.82. The molecule has 0 spiro atoms. The van der Waals surface area contributed by atoms with E-state index in [0.717, 1.165) is 17.8 Å². The number of aryl methyl sites for hydroxylation is 2. The minimum absolute atomic E-state index is 0.241. The second-order valence-corrected chi connectivity index (χ2v) is 4.81. The Labute approximate surface area is 120 Å². The van der Waals surface area contributed by atoms with Gasteiger partial charge in [0.2, 0.25) is 0 Å². The van der Waals surface area contributed by atoms with E-state index in [-0.39, 0.29) is 5.56 Å². The van der Waals surface area contributed by atoms with Crippen LogP contribution in [0, 0.1) is 0 Å². The van der Waals surface area contributed by atoms with Gasteiger partial charge in [-0.15, -0.1) is 0 Å². The van der Waals surface area contributed by atoms with Crippen LogP contribution in [0.1, 0.15) is 28.9 Å². The summed E-state index contributed by atoms with van der Waals surface area (Å²) in [6.07, 6.45) is 2.41. The first-order valence-electron chi connectivity index (χ1n) is 6.65. The number of hydrogen-bond donors (Lipinski definition) is 1. The van der Waals surface area contributed by atoms with E-state index in [9.17, 15) is 4.79 Å². The molecule has 108 valence electrons. The number of benzene rings is 1. The van der Waals surface area contributed by atoms with Crippen molar-refractivity contribution in [2.45, 2.75) is 19.9 Å². The van der Waals surface area contributed by atoms with Gasteiger partial charge in [0.05, 0.1) is 23.1 Å². The van der Waals surface area contributed by atoms with E-state index in [1.54, 1.807) is 29.2 Å². The Morgan fingerprint density at radius 3 is 2.81 bits per heavy atom. The van der Waals surface area contributed by atoms with E-state index in [4.69, 9.17) is 5.11 Å². The van der Waals surface area contributed by atoms with Gasteiger partial charge in [-0.05, 0) is 18.2 Å². The third-order valence-corrected chi connectivity index (χ3v) is 3.34. The number of rotatable bonds is 4. The maximum absolute atomic E-state index is 11.0. The van der Waals surface area contributed by atoms with Gasteiger partial charge in [0.15, 0.2) is 5.82 Å². The lowest BCUT2D eigenvalue weighted by molar-refractivity contribution is 0.0697. The van der Waals surface area contributed by atoms with Gasteiger partial charge in [-0.3, -0.25) is 4.68 Å². The lowest BCUT2D eigenvalue weighted by atomic mass is 10.2. The van der Waals surface area contributed by atoms with Crippen LogP contribution in [-0.4, -0.2) is 35.4 Å². The van der Waals surface area contributed by atoms with Gasteiger partial charge >= 0.3 is 5.97 Å². The van der Waals surface area contributed by atoms with Crippen LogP contribution in [0.2, 0.25) is 0 Å². The molecule has 1 aromatic carbocycles. The molecular weight excluding hydrogens is 270 g/mol. The molecule has 0 amide bonds. The Bertz CT molecular complexity index is 818. The fourth-order valence-electron chi connectivity index (χ4n) is 2.36. The molecule has 0 aliphatic heterocycles. The summed E-state index contributed by atoms with van der Waals surface area (Å²) < 4.78 is 3.68. The molecule has 7 nitrogen and oxygen atoms in total. The molecule has 0 aliphatic carbocycles. The number of carbonyl (C=O) groups is 1. The molecule has 0 atom stereocenters. The fourth-order valence-corrected chi connectivity index (χ4v) is 2.36. The summed E-state index contributed by atoms with van der Waals surface area (Å²) in [5, 5.41) is 13.3. The molecule has 0 radical (unpaired) electrons. The lowest BCUT2D eigenvalue weighted by Crippen LogP contribution is -2.06. The third-order valence-electron chi connectivity index (χ3n) is 3.34. The van der Waals surface area contributed by atoms with Gasteiger partial charge in [-0.2, -0.15) is 5.10 Å². The van der Waals surface area contributed by atoms with Crippen molar-refractivity contribution < 1.29 is 9.90 Å².